The van der Waals surface area contributed by atoms with E-state index in [1.165, 1.54) is 18.1 Å². The molecule has 0 radical (unpaired) electrons. The maximum absolute atomic E-state index is 12.7. The van der Waals surface area contributed by atoms with E-state index in [-0.39, 0.29) is 17.4 Å². The van der Waals surface area contributed by atoms with Gasteiger partial charge in [0.1, 0.15) is 6.26 Å². The quantitative estimate of drug-likeness (QED) is 0.819. The lowest BCUT2D eigenvalue weighted by atomic mass is 9.71. The summed E-state index contributed by atoms with van der Waals surface area (Å²) < 4.78 is 5.06. The Hall–Kier alpha value is -1.59. The smallest absolute Gasteiger partial charge is 0.257 e. The maximum Gasteiger partial charge on any atom is 0.257 e. The van der Waals surface area contributed by atoms with Crippen LogP contribution in [0.15, 0.2) is 34.7 Å². The van der Waals surface area contributed by atoms with Crippen LogP contribution in [0.2, 0.25) is 0 Å². The van der Waals surface area contributed by atoms with Gasteiger partial charge in [0.05, 0.1) is 17.9 Å². The Balaban J connectivity index is 1.65. The molecular formula is C21H32N2O3. The van der Waals surface area contributed by atoms with Gasteiger partial charge in [-0.25, -0.2) is 0 Å². The number of allylic oxidation sites excluding steroid dienone is 1. The molecule has 26 heavy (non-hydrogen) atoms. The molecule has 2 aliphatic heterocycles. The summed E-state index contributed by atoms with van der Waals surface area (Å²) in [6.07, 6.45) is 9.94. The van der Waals surface area contributed by atoms with Gasteiger partial charge in [0, 0.05) is 38.1 Å². The van der Waals surface area contributed by atoms with Crippen LogP contribution in [0.25, 0.3) is 0 Å². The first-order valence-corrected chi connectivity index (χ1v) is 9.91. The molecule has 0 aromatic carbocycles. The molecule has 3 rings (SSSR count). The van der Waals surface area contributed by atoms with Crippen molar-refractivity contribution in [1.29, 1.82) is 0 Å². The molecule has 5 nitrogen and oxygen atoms in total. The number of amides is 1. The highest BCUT2D eigenvalue weighted by Crippen LogP contribution is 2.39. The molecule has 1 N–H and O–H groups in total. The van der Waals surface area contributed by atoms with Crippen LogP contribution in [0.3, 0.4) is 0 Å². The van der Waals surface area contributed by atoms with Gasteiger partial charge < -0.3 is 19.3 Å². The van der Waals surface area contributed by atoms with Gasteiger partial charge in [0.25, 0.3) is 5.91 Å². The van der Waals surface area contributed by atoms with Gasteiger partial charge in [-0.2, -0.15) is 0 Å². The Bertz CT molecular complexity index is 625. The topological polar surface area (TPSA) is 56.9 Å². The number of hydrogen-bond donors (Lipinski definition) is 1. The lowest BCUT2D eigenvalue weighted by Crippen LogP contribution is -2.59. The molecule has 2 aliphatic rings. The zero-order valence-corrected chi connectivity index (χ0v) is 16.1. The molecule has 0 saturated carbocycles. The maximum atomic E-state index is 12.7. The Labute approximate surface area is 156 Å². The number of piperidine rings is 2. The number of carbonyl (C=O) groups is 1. The van der Waals surface area contributed by atoms with Crippen molar-refractivity contribution in [3.63, 3.8) is 0 Å². The number of aliphatic hydroxyl groups excluding tert-OH is 1. The molecular weight excluding hydrogens is 328 g/mol. The summed E-state index contributed by atoms with van der Waals surface area (Å²) >= 11 is 0. The summed E-state index contributed by atoms with van der Waals surface area (Å²) in [5, 5.41) is 10.8. The van der Waals surface area contributed by atoms with E-state index < -0.39 is 0 Å². The van der Waals surface area contributed by atoms with Crippen LogP contribution >= 0.6 is 0 Å². The van der Waals surface area contributed by atoms with Gasteiger partial charge in [-0.3, -0.25) is 4.79 Å². The number of nitrogens with zero attached hydrogens (tertiary/aromatic N) is 2. The molecule has 2 fully saturated rings. The Morgan fingerprint density at radius 1 is 1.42 bits per heavy atom. The first-order chi connectivity index (χ1) is 12.5. The van der Waals surface area contributed by atoms with Gasteiger partial charge in [0.15, 0.2) is 0 Å². The van der Waals surface area contributed by atoms with Crippen molar-refractivity contribution in [2.24, 2.45) is 5.41 Å². The second kappa shape index (κ2) is 8.40. The SMILES string of the molecule is CC/C(C)=C/CCN1CC[C@@H](O)[C@]2(CCCN(C(=O)c3ccoc3)C2)C1. The predicted octanol–water partition coefficient (Wildman–Crippen LogP) is 3.32. The number of hydrogen-bond acceptors (Lipinski definition) is 4. The van der Waals surface area contributed by atoms with Crippen molar-refractivity contribution in [3.05, 3.63) is 35.8 Å². The van der Waals surface area contributed by atoms with E-state index in [0.717, 1.165) is 58.3 Å². The van der Waals surface area contributed by atoms with Crippen LogP contribution in [-0.4, -0.2) is 59.6 Å². The van der Waals surface area contributed by atoms with Gasteiger partial charge in [-0.1, -0.05) is 18.6 Å². The second-order valence-corrected chi connectivity index (χ2v) is 7.98. The number of likely N-dealkylation sites (tertiary alicyclic amines) is 2. The van der Waals surface area contributed by atoms with Crippen LogP contribution in [0.4, 0.5) is 0 Å². The summed E-state index contributed by atoms with van der Waals surface area (Å²) in [6.45, 7) is 8.62. The summed E-state index contributed by atoms with van der Waals surface area (Å²) in [7, 11) is 0. The van der Waals surface area contributed by atoms with E-state index in [1.807, 2.05) is 4.90 Å². The third-order valence-corrected chi connectivity index (χ3v) is 6.12. The zero-order chi connectivity index (χ0) is 18.6. The van der Waals surface area contributed by atoms with Gasteiger partial charge in [-0.15, -0.1) is 0 Å². The standard InChI is InChI=1S/C21H32N2O3/c1-3-17(2)6-4-10-22-12-7-19(24)21(15-22)9-5-11-23(16-21)20(25)18-8-13-26-14-18/h6,8,13-14,19,24H,3-5,7,9-12,15-16H2,1-2H3/b17-6+/t19-,21-/m1/s1. The monoisotopic (exact) mass is 360 g/mol. The van der Waals surface area contributed by atoms with E-state index >= 15 is 0 Å². The molecule has 1 aromatic rings. The van der Waals surface area contributed by atoms with E-state index in [1.54, 1.807) is 6.07 Å². The first-order valence-electron chi connectivity index (χ1n) is 9.91. The molecule has 2 saturated heterocycles. The van der Waals surface area contributed by atoms with Crippen molar-refractivity contribution in [1.82, 2.24) is 9.80 Å². The highest BCUT2D eigenvalue weighted by molar-refractivity contribution is 5.93. The van der Waals surface area contributed by atoms with Crippen LogP contribution < -0.4 is 0 Å². The van der Waals surface area contributed by atoms with Crippen molar-refractivity contribution in [2.45, 2.75) is 52.1 Å². The van der Waals surface area contributed by atoms with Gasteiger partial charge in [-0.05, 0) is 45.1 Å². The van der Waals surface area contributed by atoms with Gasteiger partial charge >= 0.3 is 0 Å². The zero-order valence-electron chi connectivity index (χ0n) is 16.1. The minimum absolute atomic E-state index is 0.0173. The summed E-state index contributed by atoms with van der Waals surface area (Å²) in [5.74, 6) is 0.0173. The number of furan rings is 1. The normalized spacial score (nSPS) is 27.9. The fourth-order valence-electron chi connectivity index (χ4n) is 4.37. The van der Waals surface area contributed by atoms with Gasteiger partial charge in [0.2, 0.25) is 0 Å². The number of rotatable bonds is 5. The minimum atomic E-state index is -0.327. The molecule has 3 heterocycles. The molecule has 5 heteroatoms. The Morgan fingerprint density at radius 2 is 2.27 bits per heavy atom. The fourth-order valence-corrected chi connectivity index (χ4v) is 4.37. The van der Waals surface area contributed by atoms with Crippen LogP contribution in [-0.2, 0) is 0 Å². The Morgan fingerprint density at radius 3 is 3.00 bits per heavy atom. The lowest BCUT2D eigenvalue weighted by Gasteiger charge is -2.51. The fraction of sp³-hybridized carbons (Fsp3) is 0.667. The number of aliphatic hydroxyl groups is 1. The Kier molecular flexibility index (Phi) is 6.20. The summed E-state index contributed by atoms with van der Waals surface area (Å²) in [5.41, 5.74) is 1.84. The summed E-state index contributed by atoms with van der Waals surface area (Å²) in [4.78, 5) is 17.1. The third-order valence-electron chi connectivity index (χ3n) is 6.12. The van der Waals surface area contributed by atoms with E-state index in [9.17, 15) is 9.90 Å². The van der Waals surface area contributed by atoms with Crippen molar-refractivity contribution >= 4 is 5.91 Å². The first kappa shape index (κ1) is 19.2. The molecule has 2 atom stereocenters. The molecule has 1 amide bonds. The van der Waals surface area contributed by atoms with E-state index in [2.05, 4.69) is 24.8 Å². The van der Waals surface area contributed by atoms with Crippen LogP contribution in [0.1, 0.15) is 56.3 Å². The predicted molar refractivity (Wildman–Crippen MR) is 102 cm³/mol. The van der Waals surface area contributed by atoms with Crippen LogP contribution in [0, 0.1) is 5.41 Å². The molecule has 0 bridgehead atoms. The molecule has 1 aromatic heterocycles. The third kappa shape index (κ3) is 4.21. The average Bonchev–Trinajstić information content (AvgIpc) is 3.19. The average molecular weight is 360 g/mol. The molecule has 144 valence electrons. The molecule has 0 aliphatic carbocycles. The molecule has 0 unspecified atom stereocenters. The molecule has 1 spiro atoms. The van der Waals surface area contributed by atoms with E-state index in [0.29, 0.717) is 12.1 Å². The van der Waals surface area contributed by atoms with Crippen molar-refractivity contribution in [2.75, 3.05) is 32.7 Å². The number of carbonyl (C=O) groups excluding carboxylic acids is 1. The highest BCUT2D eigenvalue weighted by atomic mass is 16.3. The van der Waals surface area contributed by atoms with Crippen molar-refractivity contribution in [3.8, 4) is 0 Å². The largest absolute Gasteiger partial charge is 0.472 e. The van der Waals surface area contributed by atoms with Crippen molar-refractivity contribution < 1.29 is 14.3 Å². The second-order valence-electron chi connectivity index (χ2n) is 7.98. The lowest BCUT2D eigenvalue weighted by molar-refractivity contribution is -0.0782. The van der Waals surface area contributed by atoms with E-state index in [4.69, 9.17) is 4.42 Å². The minimum Gasteiger partial charge on any atom is -0.472 e. The van der Waals surface area contributed by atoms with Crippen LogP contribution in [0.5, 0.6) is 0 Å². The summed E-state index contributed by atoms with van der Waals surface area (Å²) in [6, 6.07) is 1.72. The highest BCUT2D eigenvalue weighted by Gasteiger charge is 2.46.